The smallest absolute Gasteiger partial charge is 0.239 e. The molecule has 1 rings (SSSR count). The Labute approximate surface area is 109 Å². The maximum atomic E-state index is 11.8. The van der Waals surface area contributed by atoms with Gasteiger partial charge in [0.15, 0.2) is 0 Å². The standard InChI is InChI=1S/C13H25N3O2/c1-3-7-13(2,14)12(18)15-8-5-10-16-9-4-6-11(16)17/h3-10,14H2,1-2H3,(H,15,18). The van der Waals surface area contributed by atoms with Gasteiger partial charge in [-0.05, 0) is 26.2 Å². The largest absolute Gasteiger partial charge is 0.354 e. The molecule has 1 atom stereocenters. The highest BCUT2D eigenvalue weighted by Crippen LogP contribution is 2.10. The summed E-state index contributed by atoms with van der Waals surface area (Å²) >= 11 is 0. The summed E-state index contributed by atoms with van der Waals surface area (Å²) in [5.41, 5.74) is 5.14. The van der Waals surface area contributed by atoms with E-state index in [2.05, 4.69) is 5.32 Å². The minimum Gasteiger partial charge on any atom is -0.354 e. The van der Waals surface area contributed by atoms with E-state index in [1.807, 2.05) is 11.8 Å². The van der Waals surface area contributed by atoms with Crippen LogP contribution in [-0.4, -0.2) is 41.9 Å². The van der Waals surface area contributed by atoms with Crippen LogP contribution in [0.25, 0.3) is 0 Å². The van der Waals surface area contributed by atoms with Crippen LogP contribution in [0.1, 0.15) is 46.0 Å². The van der Waals surface area contributed by atoms with Gasteiger partial charge in [0.25, 0.3) is 0 Å². The van der Waals surface area contributed by atoms with Gasteiger partial charge >= 0.3 is 0 Å². The molecule has 0 spiro atoms. The summed E-state index contributed by atoms with van der Waals surface area (Å²) in [6.07, 6.45) is 4.00. The van der Waals surface area contributed by atoms with Crippen molar-refractivity contribution in [3.63, 3.8) is 0 Å². The van der Waals surface area contributed by atoms with Gasteiger partial charge in [-0.15, -0.1) is 0 Å². The van der Waals surface area contributed by atoms with E-state index in [1.165, 1.54) is 0 Å². The third kappa shape index (κ3) is 4.29. The van der Waals surface area contributed by atoms with Crippen LogP contribution < -0.4 is 11.1 Å². The molecule has 0 radical (unpaired) electrons. The summed E-state index contributed by atoms with van der Waals surface area (Å²) in [7, 11) is 0. The second-order valence-corrected chi connectivity index (χ2v) is 5.26. The number of hydrogen-bond acceptors (Lipinski definition) is 3. The van der Waals surface area contributed by atoms with Crippen LogP contribution in [0.4, 0.5) is 0 Å². The molecule has 0 saturated carbocycles. The molecule has 1 fully saturated rings. The Bertz CT molecular complexity index is 303. The summed E-state index contributed by atoms with van der Waals surface area (Å²) in [4.78, 5) is 25.0. The minimum atomic E-state index is -0.780. The molecular formula is C13H25N3O2. The van der Waals surface area contributed by atoms with Gasteiger partial charge in [-0.25, -0.2) is 0 Å². The van der Waals surface area contributed by atoms with Crippen LogP contribution in [0, 0.1) is 0 Å². The number of nitrogens with one attached hydrogen (secondary N) is 1. The van der Waals surface area contributed by atoms with Crippen molar-refractivity contribution in [2.24, 2.45) is 5.73 Å². The van der Waals surface area contributed by atoms with Crippen molar-refractivity contribution in [3.8, 4) is 0 Å². The number of nitrogens with zero attached hydrogens (tertiary/aromatic N) is 1. The van der Waals surface area contributed by atoms with Crippen molar-refractivity contribution in [3.05, 3.63) is 0 Å². The third-order valence-electron chi connectivity index (χ3n) is 3.35. The molecule has 3 N–H and O–H groups in total. The van der Waals surface area contributed by atoms with E-state index in [9.17, 15) is 9.59 Å². The zero-order chi connectivity index (χ0) is 13.6. The number of amides is 2. The molecule has 104 valence electrons. The Morgan fingerprint density at radius 3 is 2.83 bits per heavy atom. The summed E-state index contributed by atoms with van der Waals surface area (Å²) in [6.45, 7) is 5.94. The van der Waals surface area contributed by atoms with E-state index < -0.39 is 5.54 Å². The van der Waals surface area contributed by atoms with E-state index in [0.717, 1.165) is 32.4 Å². The molecule has 5 heteroatoms. The van der Waals surface area contributed by atoms with E-state index in [-0.39, 0.29) is 11.8 Å². The van der Waals surface area contributed by atoms with Gasteiger partial charge in [-0.2, -0.15) is 0 Å². The lowest BCUT2D eigenvalue weighted by Crippen LogP contribution is -2.51. The number of hydrogen-bond donors (Lipinski definition) is 2. The van der Waals surface area contributed by atoms with E-state index >= 15 is 0 Å². The predicted molar refractivity (Wildman–Crippen MR) is 70.9 cm³/mol. The molecule has 0 aliphatic carbocycles. The van der Waals surface area contributed by atoms with Crippen molar-refractivity contribution in [1.82, 2.24) is 10.2 Å². The Hall–Kier alpha value is -1.10. The number of carbonyl (C=O) groups excluding carboxylic acids is 2. The van der Waals surface area contributed by atoms with Crippen molar-refractivity contribution in [2.45, 2.75) is 51.5 Å². The lowest BCUT2D eigenvalue weighted by molar-refractivity contribution is -0.127. The first-order valence-electron chi connectivity index (χ1n) is 6.82. The molecule has 2 amide bonds. The molecule has 1 unspecified atom stereocenters. The first-order valence-corrected chi connectivity index (χ1v) is 6.82. The lowest BCUT2D eigenvalue weighted by atomic mass is 9.96. The molecule has 0 bridgehead atoms. The zero-order valence-corrected chi connectivity index (χ0v) is 11.5. The summed E-state index contributed by atoms with van der Waals surface area (Å²) in [5.74, 6) is 0.132. The Kier molecular flexibility index (Phi) is 5.59. The average Bonchev–Trinajstić information content (AvgIpc) is 2.70. The van der Waals surface area contributed by atoms with Gasteiger partial charge in [-0.1, -0.05) is 13.3 Å². The second kappa shape index (κ2) is 6.73. The first kappa shape index (κ1) is 15.0. The van der Waals surface area contributed by atoms with Crippen LogP contribution in [0.5, 0.6) is 0 Å². The van der Waals surface area contributed by atoms with E-state index in [0.29, 0.717) is 19.4 Å². The summed E-state index contributed by atoms with van der Waals surface area (Å²) in [5, 5.41) is 2.84. The predicted octanol–water partition coefficient (Wildman–Crippen LogP) is 0.633. The first-order chi connectivity index (χ1) is 8.47. The van der Waals surface area contributed by atoms with Crippen LogP contribution >= 0.6 is 0 Å². The molecule has 5 nitrogen and oxygen atoms in total. The van der Waals surface area contributed by atoms with E-state index in [1.54, 1.807) is 6.92 Å². The van der Waals surface area contributed by atoms with Gasteiger partial charge in [0.05, 0.1) is 5.54 Å². The SMILES string of the molecule is CCCC(C)(N)C(=O)NCCCN1CCCC1=O. The quantitative estimate of drug-likeness (QED) is 0.655. The van der Waals surface area contributed by atoms with Gasteiger partial charge in [0, 0.05) is 26.1 Å². The molecule has 1 aliphatic rings. The monoisotopic (exact) mass is 255 g/mol. The van der Waals surface area contributed by atoms with Gasteiger partial charge < -0.3 is 16.0 Å². The summed E-state index contributed by atoms with van der Waals surface area (Å²) < 4.78 is 0. The summed E-state index contributed by atoms with van der Waals surface area (Å²) in [6, 6.07) is 0. The number of nitrogens with two attached hydrogens (primary N) is 1. The van der Waals surface area contributed by atoms with Crippen molar-refractivity contribution >= 4 is 11.8 Å². The highest BCUT2D eigenvalue weighted by molar-refractivity contribution is 5.85. The van der Waals surface area contributed by atoms with Crippen molar-refractivity contribution in [1.29, 1.82) is 0 Å². The fraction of sp³-hybridized carbons (Fsp3) is 0.846. The van der Waals surface area contributed by atoms with Crippen LogP contribution in [-0.2, 0) is 9.59 Å². The maximum Gasteiger partial charge on any atom is 0.239 e. The second-order valence-electron chi connectivity index (χ2n) is 5.26. The Morgan fingerprint density at radius 1 is 1.56 bits per heavy atom. The maximum absolute atomic E-state index is 11.8. The van der Waals surface area contributed by atoms with Crippen LogP contribution in [0.3, 0.4) is 0 Å². The van der Waals surface area contributed by atoms with Crippen LogP contribution in [0.2, 0.25) is 0 Å². The van der Waals surface area contributed by atoms with Gasteiger partial charge in [-0.3, -0.25) is 9.59 Å². The zero-order valence-electron chi connectivity index (χ0n) is 11.5. The van der Waals surface area contributed by atoms with Crippen molar-refractivity contribution < 1.29 is 9.59 Å². The molecule has 1 heterocycles. The van der Waals surface area contributed by atoms with E-state index in [4.69, 9.17) is 5.73 Å². The Balaban J connectivity index is 2.17. The fourth-order valence-electron chi connectivity index (χ4n) is 2.25. The molecule has 18 heavy (non-hydrogen) atoms. The van der Waals surface area contributed by atoms with Gasteiger partial charge in [0.2, 0.25) is 11.8 Å². The van der Waals surface area contributed by atoms with Crippen LogP contribution in [0.15, 0.2) is 0 Å². The molecule has 1 saturated heterocycles. The normalized spacial score (nSPS) is 18.8. The molecule has 0 aromatic heterocycles. The Morgan fingerprint density at radius 2 is 2.28 bits per heavy atom. The molecular weight excluding hydrogens is 230 g/mol. The molecule has 0 aromatic rings. The average molecular weight is 255 g/mol. The number of carbonyl (C=O) groups is 2. The molecule has 0 aromatic carbocycles. The number of likely N-dealkylation sites (tertiary alicyclic amines) is 1. The number of rotatable bonds is 7. The van der Waals surface area contributed by atoms with Crippen molar-refractivity contribution in [2.75, 3.05) is 19.6 Å². The third-order valence-corrected chi connectivity index (χ3v) is 3.35. The fourth-order valence-corrected chi connectivity index (χ4v) is 2.25. The topological polar surface area (TPSA) is 75.4 Å². The van der Waals surface area contributed by atoms with Gasteiger partial charge in [0.1, 0.15) is 0 Å². The lowest BCUT2D eigenvalue weighted by Gasteiger charge is -2.23. The molecule has 1 aliphatic heterocycles. The highest BCUT2D eigenvalue weighted by atomic mass is 16.2. The minimum absolute atomic E-state index is 0.0999. The highest BCUT2D eigenvalue weighted by Gasteiger charge is 2.26.